The number of hydrogen-bond donors (Lipinski definition) is 1. The monoisotopic (exact) mass is 349 g/mol. The Kier molecular flexibility index (Phi) is 4.39. The van der Waals surface area contributed by atoms with Crippen molar-refractivity contribution in [3.63, 3.8) is 0 Å². The van der Waals surface area contributed by atoms with Gasteiger partial charge in [-0.25, -0.2) is 0 Å². The van der Waals surface area contributed by atoms with Crippen molar-refractivity contribution in [1.82, 2.24) is 0 Å². The number of allylic oxidation sites excluding steroid dienone is 2. The Morgan fingerprint density at radius 2 is 1.65 bits per heavy atom. The SMILES string of the molecule is COc1ccc(OC)c2c1NC(c1ccc(C(C)C)cc1)C1CC=CC21. The molecule has 2 aromatic rings. The van der Waals surface area contributed by atoms with E-state index in [-0.39, 0.29) is 6.04 Å². The minimum Gasteiger partial charge on any atom is -0.496 e. The molecule has 3 heteroatoms. The van der Waals surface area contributed by atoms with Gasteiger partial charge < -0.3 is 14.8 Å². The molecule has 0 aromatic heterocycles. The summed E-state index contributed by atoms with van der Waals surface area (Å²) in [6, 6.07) is 13.3. The highest BCUT2D eigenvalue weighted by molar-refractivity contribution is 5.71. The van der Waals surface area contributed by atoms with Gasteiger partial charge in [-0.15, -0.1) is 0 Å². The lowest BCUT2D eigenvalue weighted by molar-refractivity contribution is 0.370. The molecule has 0 radical (unpaired) electrons. The molecule has 0 saturated heterocycles. The van der Waals surface area contributed by atoms with Gasteiger partial charge in [0.15, 0.2) is 0 Å². The van der Waals surface area contributed by atoms with Crippen LogP contribution in [-0.2, 0) is 0 Å². The predicted octanol–water partition coefficient (Wildman–Crippen LogP) is 5.65. The molecule has 4 rings (SSSR count). The molecule has 1 aliphatic heterocycles. The first-order valence-corrected chi connectivity index (χ1v) is 9.42. The molecule has 0 fully saturated rings. The molecule has 3 atom stereocenters. The molecule has 0 saturated carbocycles. The van der Waals surface area contributed by atoms with Gasteiger partial charge in [0.1, 0.15) is 11.5 Å². The Morgan fingerprint density at radius 3 is 2.31 bits per heavy atom. The number of methoxy groups -OCH3 is 2. The van der Waals surface area contributed by atoms with Gasteiger partial charge in [-0.3, -0.25) is 0 Å². The fourth-order valence-corrected chi connectivity index (χ4v) is 4.42. The fourth-order valence-electron chi connectivity index (χ4n) is 4.42. The number of anilines is 1. The summed E-state index contributed by atoms with van der Waals surface area (Å²) in [6.07, 6.45) is 5.72. The normalized spacial score (nSPS) is 23.3. The van der Waals surface area contributed by atoms with Gasteiger partial charge in [0, 0.05) is 11.5 Å². The van der Waals surface area contributed by atoms with E-state index in [1.807, 2.05) is 12.1 Å². The third-order valence-corrected chi connectivity index (χ3v) is 5.84. The molecule has 1 heterocycles. The molecule has 136 valence electrons. The zero-order valence-electron chi connectivity index (χ0n) is 16.0. The van der Waals surface area contributed by atoms with Gasteiger partial charge >= 0.3 is 0 Å². The van der Waals surface area contributed by atoms with Crippen LogP contribution in [0.5, 0.6) is 11.5 Å². The molecule has 3 nitrogen and oxygen atoms in total. The van der Waals surface area contributed by atoms with E-state index in [4.69, 9.17) is 9.47 Å². The number of ether oxygens (including phenoxy) is 2. The number of nitrogens with one attached hydrogen (secondary N) is 1. The van der Waals surface area contributed by atoms with Crippen molar-refractivity contribution < 1.29 is 9.47 Å². The summed E-state index contributed by atoms with van der Waals surface area (Å²) in [5.74, 6) is 3.21. The van der Waals surface area contributed by atoms with Crippen LogP contribution in [0, 0.1) is 5.92 Å². The minimum absolute atomic E-state index is 0.268. The van der Waals surface area contributed by atoms with Crippen molar-refractivity contribution in [2.45, 2.75) is 38.1 Å². The minimum atomic E-state index is 0.268. The summed E-state index contributed by atoms with van der Waals surface area (Å²) in [7, 11) is 3.47. The highest BCUT2D eigenvalue weighted by atomic mass is 16.5. The molecule has 2 aromatic carbocycles. The van der Waals surface area contributed by atoms with Crippen LogP contribution in [-0.4, -0.2) is 14.2 Å². The number of fused-ring (bicyclic) bond motifs is 3. The molecular formula is C23H27NO2. The second-order valence-electron chi connectivity index (χ2n) is 7.56. The van der Waals surface area contributed by atoms with E-state index in [1.54, 1.807) is 14.2 Å². The van der Waals surface area contributed by atoms with Crippen LogP contribution in [0.4, 0.5) is 5.69 Å². The summed E-state index contributed by atoms with van der Waals surface area (Å²) < 4.78 is 11.3. The van der Waals surface area contributed by atoms with E-state index in [0.717, 1.165) is 23.6 Å². The van der Waals surface area contributed by atoms with Gasteiger partial charge in [-0.1, -0.05) is 50.3 Å². The first-order valence-electron chi connectivity index (χ1n) is 9.42. The van der Waals surface area contributed by atoms with Crippen molar-refractivity contribution in [3.05, 3.63) is 65.2 Å². The van der Waals surface area contributed by atoms with Crippen LogP contribution in [0.15, 0.2) is 48.6 Å². The number of rotatable bonds is 4. The van der Waals surface area contributed by atoms with Crippen molar-refractivity contribution in [3.8, 4) is 11.5 Å². The fraction of sp³-hybridized carbons (Fsp3) is 0.391. The van der Waals surface area contributed by atoms with Gasteiger partial charge in [-0.05, 0) is 41.5 Å². The van der Waals surface area contributed by atoms with E-state index in [9.17, 15) is 0 Å². The highest BCUT2D eigenvalue weighted by Crippen LogP contribution is 2.55. The summed E-state index contributed by atoms with van der Waals surface area (Å²) in [4.78, 5) is 0. The number of hydrogen-bond acceptors (Lipinski definition) is 3. The standard InChI is InChI=1S/C23H27NO2/c1-14(2)15-8-10-16(11-9-15)22-18-7-5-6-17(18)21-19(25-3)12-13-20(26-4)23(21)24-22/h5-6,8-14,17-18,22,24H,7H2,1-4H3. The van der Waals surface area contributed by atoms with Crippen LogP contribution in [0.25, 0.3) is 0 Å². The molecule has 0 bridgehead atoms. The topological polar surface area (TPSA) is 30.5 Å². The van der Waals surface area contributed by atoms with Crippen molar-refractivity contribution in [2.75, 3.05) is 19.5 Å². The lowest BCUT2D eigenvalue weighted by Gasteiger charge is -2.38. The second-order valence-corrected chi connectivity index (χ2v) is 7.56. The molecular weight excluding hydrogens is 322 g/mol. The number of benzene rings is 2. The maximum atomic E-state index is 5.67. The molecule has 2 aliphatic rings. The van der Waals surface area contributed by atoms with Gasteiger partial charge in [0.25, 0.3) is 0 Å². The smallest absolute Gasteiger partial charge is 0.142 e. The van der Waals surface area contributed by atoms with E-state index in [0.29, 0.717) is 17.8 Å². The maximum Gasteiger partial charge on any atom is 0.142 e. The average Bonchev–Trinajstić information content (AvgIpc) is 3.16. The van der Waals surface area contributed by atoms with E-state index in [1.165, 1.54) is 16.7 Å². The van der Waals surface area contributed by atoms with Crippen molar-refractivity contribution >= 4 is 5.69 Å². The third-order valence-electron chi connectivity index (χ3n) is 5.84. The molecule has 0 spiro atoms. The quantitative estimate of drug-likeness (QED) is 0.723. The molecule has 0 amide bonds. The van der Waals surface area contributed by atoms with Crippen LogP contribution < -0.4 is 14.8 Å². The predicted molar refractivity (Wildman–Crippen MR) is 106 cm³/mol. The van der Waals surface area contributed by atoms with Crippen LogP contribution in [0.3, 0.4) is 0 Å². The van der Waals surface area contributed by atoms with Gasteiger partial charge in [0.2, 0.25) is 0 Å². The lowest BCUT2D eigenvalue weighted by atomic mass is 9.76. The van der Waals surface area contributed by atoms with E-state index < -0.39 is 0 Å². The summed E-state index contributed by atoms with van der Waals surface area (Å²) >= 11 is 0. The van der Waals surface area contributed by atoms with Crippen molar-refractivity contribution in [1.29, 1.82) is 0 Å². The molecule has 3 unspecified atom stereocenters. The second kappa shape index (κ2) is 6.71. The Balaban J connectivity index is 1.79. The van der Waals surface area contributed by atoms with Crippen LogP contribution >= 0.6 is 0 Å². The zero-order chi connectivity index (χ0) is 18.3. The zero-order valence-corrected chi connectivity index (χ0v) is 16.0. The van der Waals surface area contributed by atoms with Crippen LogP contribution in [0.1, 0.15) is 54.8 Å². The first-order chi connectivity index (χ1) is 12.6. The summed E-state index contributed by atoms with van der Waals surface area (Å²) in [6.45, 7) is 4.47. The van der Waals surface area contributed by atoms with Gasteiger partial charge in [-0.2, -0.15) is 0 Å². The molecule has 1 N–H and O–H groups in total. The Labute approximate surface area is 156 Å². The Morgan fingerprint density at radius 1 is 0.962 bits per heavy atom. The summed E-state index contributed by atoms with van der Waals surface area (Å²) in [5, 5.41) is 3.78. The lowest BCUT2D eigenvalue weighted by Crippen LogP contribution is -2.29. The largest absolute Gasteiger partial charge is 0.496 e. The van der Waals surface area contributed by atoms with Gasteiger partial charge in [0.05, 0.1) is 25.9 Å². The van der Waals surface area contributed by atoms with Crippen molar-refractivity contribution in [2.24, 2.45) is 5.92 Å². The van der Waals surface area contributed by atoms with E-state index >= 15 is 0 Å². The molecule has 26 heavy (non-hydrogen) atoms. The Bertz CT molecular complexity index is 823. The molecule has 1 aliphatic carbocycles. The van der Waals surface area contributed by atoms with Crippen LogP contribution in [0.2, 0.25) is 0 Å². The Hall–Kier alpha value is -2.42. The first kappa shape index (κ1) is 17.0. The summed E-state index contributed by atoms with van der Waals surface area (Å²) in [5.41, 5.74) is 5.01. The average molecular weight is 349 g/mol. The van der Waals surface area contributed by atoms with E-state index in [2.05, 4.69) is 55.6 Å². The maximum absolute atomic E-state index is 5.67. The third kappa shape index (κ3) is 2.66. The highest BCUT2D eigenvalue weighted by Gasteiger charge is 2.40.